The molecule has 0 aliphatic rings. The first-order chi connectivity index (χ1) is 13.7. The second-order valence-electron chi connectivity index (χ2n) is 7.72. The van der Waals surface area contributed by atoms with Crippen molar-refractivity contribution >= 4 is 44.2 Å². The summed E-state index contributed by atoms with van der Waals surface area (Å²) in [5.41, 5.74) is 0.830. The number of carbonyl (C=O) groups is 2. The Morgan fingerprint density at radius 1 is 0.966 bits per heavy atom. The van der Waals surface area contributed by atoms with Gasteiger partial charge in [-0.05, 0) is 77.8 Å². The van der Waals surface area contributed by atoms with Gasteiger partial charge in [-0.15, -0.1) is 0 Å². The largest absolute Gasteiger partial charge is 0.483 e. The molecule has 0 aliphatic carbocycles. The summed E-state index contributed by atoms with van der Waals surface area (Å²) in [5.74, 6) is 0.171. The second kappa shape index (κ2) is 8.66. The van der Waals surface area contributed by atoms with Crippen LogP contribution in [0.25, 0.3) is 10.8 Å². The van der Waals surface area contributed by atoms with Crippen molar-refractivity contribution in [3.63, 3.8) is 0 Å². The van der Waals surface area contributed by atoms with Crippen molar-refractivity contribution in [1.29, 1.82) is 0 Å². The molecule has 5 nitrogen and oxygen atoms in total. The van der Waals surface area contributed by atoms with Gasteiger partial charge >= 0.3 is 0 Å². The molecule has 2 N–H and O–H groups in total. The molecule has 0 unspecified atom stereocenters. The number of ether oxygens (including phenoxy) is 1. The monoisotopic (exact) mass is 454 g/mol. The Morgan fingerprint density at radius 3 is 2.34 bits per heavy atom. The van der Waals surface area contributed by atoms with Crippen molar-refractivity contribution in [3.05, 3.63) is 70.7 Å². The van der Waals surface area contributed by atoms with Crippen LogP contribution in [-0.4, -0.2) is 24.0 Å². The molecule has 29 heavy (non-hydrogen) atoms. The van der Waals surface area contributed by atoms with Crippen LogP contribution >= 0.6 is 15.9 Å². The number of hydrogen-bond donors (Lipinski definition) is 2. The molecule has 0 fully saturated rings. The van der Waals surface area contributed by atoms with Gasteiger partial charge in [0.15, 0.2) is 6.61 Å². The molecule has 2 amide bonds. The molecule has 0 spiro atoms. The van der Waals surface area contributed by atoms with E-state index in [0.717, 1.165) is 15.2 Å². The number of benzene rings is 3. The van der Waals surface area contributed by atoms with Gasteiger partial charge in [0.1, 0.15) is 5.75 Å². The molecule has 150 valence electrons. The van der Waals surface area contributed by atoms with Crippen LogP contribution in [0, 0.1) is 0 Å². The van der Waals surface area contributed by atoms with Crippen LogP contribution in [0.15, 0.2) is 65.1 Å². The molecule has 0 saturated carbocycles. The first kappa shape index (κ1) is 20.9. The Balaban J connectivity index is 1.58. The average Bonchev–Trinajstić information content (AvgIpc) is 2.67. The van der Waals surface area contributed by atoms with E-state index in [-0.39, 0.29) is 24.0 Å². The third-order valence-electron chi connectivity index (χ3n) is 4.11. The summed E-state index contributed by atoms with van der Waals surface area (Å²) in [7, 11) is 0. The summed E-state index contributed by atoms with van der Waals surface area (Å²) < 4.78 is 6.49. The van der Waals surface area contributed by atoms with Crippen molar-refractivity contribution in [3.8, 4) is 5.75 Å². The predicted octanol–water partition coefficient (Wildman–Crippen LogP) is 5.15. The number of carbonyl (C=O) groups excluding carboxylic acids is 2. The van der Waals surface area contributed by atoms with Crippen LogP contribution in [0.3, 0.4) is 0 Å². The summed E-state index contributed by atoms with van der Waals surface area (Å²) in [4.78, 5) is 24.4. The number of fused-ring (bicyclic) bond motifs is 1. The zero-order valence-corrected chi connectivity index (χ0v) is 18.2. The summed E-state index contributed by atoms with van der Waals surface area (Å²) in [6, 6.07) is 18.5. The van der Waals surface area contributed by atoms with E-state index in [9.17, 15) is 9.59 Å². The molecule has 0 heterocycles. The maximum atomic E-state index is 12.2. The molecule has 0 atom stereocenters. The van der Waals surface area contributed by atoms with E-state index >= 15 is 0 Å². The van der Waals surface area contributed by atoms with Gasteiger partial charge in [-0.2, -0.15) is 0 Å². The highest BCUT2D eigenvalue weighted by Crippen LogP contribution is 2.33. The lowest BCUT2D eigenvalue weighted by Gasteiger charge is -2.20. The minimum Gasteiger partial charge on any atom is -0.483 e. The molecule has 0 saturated heterocycles. The first-order valence-corrected chi connectivity index (χ1v) is 10.0. The van der Waals surface area contributed by atoms with Crippen LogP contribution < -0.4 is 15.4 Å². The van der Waals surface area contributed by atoms with E-state index in [1.54, 1.807) is 24.3 Å². The molecule has 3 aromatic carbocycles. The van der Waals surface area contributed by atoms with Crippen LogP contribution in [0.2, 0.25) is 0 Å². The Morgan fingerprint density at radius 2 is 1.66 bits per heavy atom. The van der Waals surface area contributed by atoms with Crippen molar-refractivity contribution in [1.82, 2.24) is 5.32 Å². The van der Waals surface area contributed by atoms with Crippen molar-refractivity contribution in [2.45, 2.75) is 26.3 Å². The topological polar surface area (TPSA) is 67.4 Å². The highest BCUT2D eigenvalue weighted by atomic mass is 79.9. The van der Waals surface area contributed by atoms with E-state index < -0.39 is 0 Å². The number of amides is 2. The molecule has 0 radical (unpaired) electrons. The Hall–Kier alpha value is -2.86. The fourth-order valence-electron chi connectivity index (χ4n) is 2.78. The van der Waals surface area contributed by atoms with Gasteiger partial charge < -0.3 is 15.4 Å². The molecule has 0 bridgehead atoms. The van der Waals surface area contributed by atoms with E-state index in [0.29, 0.717) is 17.0 Å². The predicted molar refractivity (Wildman–Crippen MR) is 119 cm³/mol. The number of anilines is 1. The van der Waals surface area contributed by atoms with Crippen LogP contribution in [-0.2, 0) is 4.79 Å². The smallest absolute Gasteiger partial charge is 0.262 e. The highest BCUT2D eigenvalue weighted by Gasteiger charge is 2.15. The Bertz CT molecular complexity index is 1040. The maximum Gasteiger partial charge on any atom is 0.262 e. The number of nitrogens with one attached hydrogen (secondary N) is 2. The zero-order chi connectivity index (χ0) is 21.0. The van der Waals surface area contributed by atoms with Gasteiger partial charge in [-0.3, -0.25) is 9.59 Å². The molecular formula is C23H23BrN2O3. The fraction of sp³-hybridized carbons (Fsp3) is 0.217. The maximum absolute atomic E-state index is 12.2. The Kier molecular flexibility index (Phi) is 6.23. The minimum atomic E-state index is -0.307. The van der Waals surface area contributed by atoms with Gasteiger partial charge in [-0.25, -0.2) is 0 Å². The fourth-order valence-corrected chi connectivity index (χ4v) is 3.39. The van der Waals surface area contributed by atoms with Crippen LogP contribution in [0.1, 0.15) is 31.1 Å². The standard InChI is InChI=1S/C23H23BrN2O3/c1-23(2,3)26-22(28)16-8-11-17(12-9-16)25-20(27)14-29-19-13-10-15-6-4-5-7-18(15)21(19)24/h4-13H,14H2,1-3H3,(H,25,27)(H,26,28). The second-order valence-corrected chi connectivity index (χ2v) is 8.51. The van der Waals surface area contributed by atoms with Gasteiger partial charge in [0.05, 0.1) is 4.47 Å². The van der Waals surface area contributed by atoms with Crippen LogP contribution in [0.4, 0.5) is 5.69 Å². The lowest BCUT2D eigenvalue weighted by Crippen LogP contribution is -2.40. The van der Waals surface area contributed by atoms with E-state index in [2.05, 4.69) is 26.6 Å². The number of hydrogen-bond acceptors (Lipinski definition) is 3. The van der Waals surface area contributed by atoms with E-state index in [4.69, 9.17) is 4.74 Å². The van der Waals surface area contributed by atoms with E-state index in [1.165, 1.54) is 0 Å². The lowest BCUT2D eigenvalue weighted by molar-refractivity contribution is -0.118. The van der Waals surface area contributed by atoms with Crippen molar-refractivity contribution in [2.75, 3.05) is 11.9 Å². The third kappa shape index (κ3) is 5.57. The summed E-state index contributed by atoms with van der Waals surface area (Å²) in [6.45, 7) is 5.65. The molecule has 3 aromatic rings. The molecule has 3 rings (SSSR count). The molecular weight excluding hydrogens is 432 g/mol. The molecule has 0 aliphatic heterocycles. The van der Waals surface area contributed by atoms with Crippen LogP contribution in [0.5, 0.6) is 5.75 Å². The number of halogens is 1. The zero-order valence-electron chi connectivity index (χ0n) is 16.6. The van der Waals surface area contributed by atoms with Crippen molar-refractivity contribution < 1.29 is 14.3 Å². The number of rotatable bonds is 5. The van der Waals surface area contributed by atoms with Gasteiger partial charge in [0.25, 0.3) is 11.8 Å². The quantitative estimate of drug-likeness (QED) is 0.560. The SMILES string of the molecule is CC(C)(C)NC(=O)c1ccc(NC(=O)COc2ccc3ccccc3c2Br)cc1. The third-order valence-corrected chi connectivity index (χ3v) is 4.92. The summed E-state index contributed by atoms with van der Waals surface area (Å²) in [5, 5.41) is 7.79. The van der Waals surface area contributed by atoms with Crippen molar-refractivity contribution in [2.24, 2.45) is 0 Å². The Labute approximate surface area is 178 Å². The summed E-state index contributed by atoms with van der Waals surface area (Å²) in [6.07, 6.45) is 0. The van der Waals surface area contributed by atoms with E-state index in [1.807, 2.05) is 57.2 Å². The summed E-state index contributed by atoms with van der Waals surface area (Å²) >= 11 is 3.55. The normalized spacial score (nSPS) is 11.2. The average molecular weight is 455 g/mol. The highest BCUT2D eigenvalue weighted by molar-refractivity contribution is 9.10. The first-order valence-electron chi connectivity index (χ1n) is 9.25. The molecule has 0 aromatic heterocycles. The lowest BCUT2D eigenvalue weighted by atomic mass is 10.1. The minimum absolute atomic E-state index is 0.122. The van der Waals surface area contributed by atoms with Gasteiger partial charge in [0.2, 0.25) is 0 Å². The molecule has 6 heteroatoms. The van der Waals surface area contributed by atoms with Gasteiger partial charge in [-0.1, -0.05) is 30.3 Å². The van der Waals surface area contributed by atoms with Gasteiger partial charge in [0, 0.05) is 16.8 Å².